The van der Waals surface area contributed by atoms with Gasteiger partial charge >= 0.3 is 0 Å². The lowest BCUT2D eigenvalue weighted by molar-refractivity contribution is -0.149. The molecule has 0 aliphatic carbocycles. The largest absolute Gasteiger partial charge is 0.381 e. The topological polar surface area (TPSA) is 112 Å². The van der Waals surface area contributed by atoms with Crippen molar-refractivity contribution in [2.75, 3.05) is 0 Å². The summed E-state index contributed by atoms with van der Waals surface area (Å²) in [5, 5.41) is 20.5. The monoisotopic (exact) mass is 419 g/mol. The van der Waals surface area contributed by atoms with Gasteiger partial charge in [0.1, 0.15) is 6.04 Å². The minimum absolute atomic E-state index is 0.0344. The molecule has 0 aliphatic rings. The highest BCUT2D eigenvalue weighted by Gasteiger charge is 2.46. The fourth-order valence-electron chi connectivity index (χ4n) is 2.06. The Labute approximate surface area is 168 Å². The minimum Gasteiger partial charge on any atom is -0.381 e. The first kappa shape index (κ1) is 22.0. The van der Waals surface area contributed by atoms with Crippen LogP contribution in [0, 0.1) is 23.7 Å². The van der Waals surface area contributed by atoms with Crippen LogP contribution in [0.15, 0.2) is 36.5 Å². The third kappa shape index (κ3) is 5.83. The lowest BCUT2D eigenvalue weighted by Crippen LogP contribution is -2.61. The van der Waals surface area contributed by atoms with Gasteiger partial charge in [0.15, 0.2) is 5.60 Å². The molecule has 0 spiro atoms. The highest BCUT2D eigenvalue weighted by molar-refractivity contribution is 7.06. The van der Waals surface area contributed by atoms with Gasteiger partial charge in [0.2, 0.25) is 0 Å². The molecule has 0 radical (unpaired) electrons. The number of carbonyl (C=O) groups is 2. The summed E-state index contributed by atoms with van der Waals surface area (Å²) < 4.78 is 29.9. The van der Waals surface area contributed by atoms with Crippen molar-refractivity contribution >= 4 is 23.3 Å². The van der Waals surface area contributed by atoms with Gasteiger partial charge in [0.25, 0.3) is 18.2 Å². The first-order valence-corrected chi connectivity index (χ1v) is 8.81. The van der Waals surface area contributed by atoms with Gasteiger partial charge in [-0.1, -0.05) is 5.92 Å². The van der Waals surface area contributed by atoms with Crippen LogP contribution in [0.3, 0.4) is 0 Å². The molecule has 29 heavy (non-hydrogen) atoms. The second-order valence-corrected chi connectivity index (χ2v) is 6.70. The average molecular weight is 419 g/mol. The SMILES string of the molecule is CC(O)(C(F)F)[C@H](NC(=O)c1ccc(C#CC#Cc2ccns2)cc1)C(=O)NO. The van der Waals surface area contributed by atoms with Crippen molar-refractivity contribution in [3.63, 3.8) is 0 Å². The van der Waals surface area contributed by atoms with Crippen LogP contribution in [0.4, 0.5) is 8.78 Å². The third-order valence-electron chi connectivity index (χ3n) is 3.71. The van der Waals surface area contributed by atoms with Gasteiger partial charge in [-0.2, -0.15) is 4.37 Å². The number of aromatic nitrogens is 1. The van der Waals surface area contributed by atoms with Crippen LogP contribution >= 0.6 is 11.5 Å². The number of hydrogen-bond donors (Lipinski definition) is 4. The molecule has 0 saturated carbocycles. The second kappa shape index (κ2) is 9.75. The van der Waals surface area contributed by atoms with Crippen LogP contribution in [0.25, 0.3) is 0 Å². The van der Waals surface area contributed by atoms with E-state index in [9.17, 15) is 23.5 Å². The Hall–Kier alpha value is -3.31. The lowest BCUT2D eigenvalue weighted by atomic mass is 9.95. The van der Waals surface area contributed by atoms with Crippen molar-refractivity contribution < 1.29 is 28.7 Å². The number of rotatable bonds is 5. The molecule has 1 aromatic heterocycles. The van der Waals surface area contributed by atoms with Gasteiger partial charge in [0.05, 0.1) is 4.88 Å². The average Bonchev–Trinajstić information content (AvgIpc) is 3.22. The Morgan fingerprint density at radius 2 is 1.83 bits per heavy atom. The van der Waals surface area contributed by atoms with Gasteiger partial charge in [0, 0.05) is 17.3 Å². The highest BCUT2D eigenvalue weighted by atomic mass is 32.1. The third-order valence-corrected chi connectivity index (χ3v) is 4.38. The summed E-state index contributed by atoms with van der Waals surface area (Å²) in [6.07, 6.45) is -1.73. The predicted molar refractivity (Wildman–Crippen MR) is 100 cm³/mol. The molecule has 0 fully saturated rings. The maximum atomic E-state index is 13.0. The summed E-state index contributed by atoms with van der Waals surface area (Å²) in [6, 6.07) is 5.40. The first-order chi connectivity index (χ1) is 13.8. The quantitative estimate of drug-likeness (QED) is 0.330. The molecule has 0 bridgehead atoms. The van der Waals surface area contributed by atoms with Crippen LogP contribution in [-0.2, 0) is 4.79 Å². The minimum atomic E-state index is -3.35. The van der Waals surface area contributed by atoms with Gasteiger partial charge < -0.3 is 10.4 Å². The van der Waals surface area contributed by atoms with E-state index < -0.39 is 29.9 Å². The molecule has 2 amide bonds. The van der Waals surface area contributed by atoms with Crippen LogP contribution in [0.1, 0.15) is 27.7 Å². The molecule has 2 atom stereocenters. The van der Waals surface area contributed by atoms with Gasteiger partial charge in [-0.15, -0.1) is 0 Å². The summed E-state index contributed by atoms with van der Waals surface area (Å²) in [6.45, 7) is 0.670. The number of amides is 2. The molecule has 150 valence electrons. The molecule has 4 N–H and O–H groups in total. The van der Waals surface area contributed by atoms with E-state index in [0.717, 1.165) is 10.4 Å². The number of nitrogens with zero attached hydrogens (tertiary/aromatic N) is 1. The first-order valence-electron chi connectivity index (χ1n) is 8.03. The Bertz CT molecular complexity index is 984. The Morgan fingerprint density at radius 1 is 1.17 bits per heavy atom. The normalized spacial score (nSPS) is 13.2. The summed E-state index contributed by atoms with van der Waals surface area (Å²) in [5.41, 5.74) is -1.17. The zero-order valence-electron chi connectivity index (χ0n) is 14.9. The lowest BCUT2D eigenvalue weighted by Gasteiger charge is -2.30. The van der Waals surface area contributed by atoms with Crippen molar-refractivity contribution in [2.45, 2.75) is 25.0 Å². The van der Waals surface area contributed by atoms with Gasteiger partial charge in [-0.3, -0.25) is 14.8 Å². The molecule has 0 aliphatic heterocycles. The second-order valence-electron chi connectivity index (χ2n) is 5.86. The van der Waals surface area contributed by atoms with E-state index in [0.29, 0.717) is 12.5 Å². The number of nitrogens with one attached hydrogen (secondary N) is 2. The molecule has 7 nitrogen and oxygen atoms in total. The molecular weight excluding hydrogens is 404 g/mol. The van der Waals surface area contributed by atoms with E-state index in [-0.39, 0.29) is 5.56 Å². The summed E-state index contributed by atoms with van der Waals surface area (Å²) in [7, 11) is 0. The van der Waals surface area contributed by atoms with E-state index >= 15 is 0 Å². The molecule has 2 aromatic rings. The van der Waals surface area contributed by atoms with E-state index in [4.69, 9.17) is 5.21 Å². The van der Waals surface area contributed by atoms with E-state index in [1.54, 1.807) is 12.3 Å². The number of aliphatic hydroxyl groups is 1. The molecule has 1 aromatic carbocycles. The van der Waals surface area contributed by atoms with Crippen LogP contribution in [-0.4, -0.2) is 44.6 Å². The van der Waals surface area contributed by atoms with E-state index in [1.807, 2.05) is 5.32 Å². The zero-order valence-corrected chi connectivity index (χ0v) is 15.8. The van der Waals surface area contributed by atoms with Crippen LogP contribution < -0.4 is 10.8 Å². The van der Waals surface area contributed by atoms with Crippen molar-refractivity contribution in [2.24, 2.45) is 0 Å². The van der Waals surface area contributed by atoms with Crippen LogP contribution in [0.5, 0.6) is 0 Å². The number of hydroxylamine groups is 1. The number of halogens is 2. The number of carbonyl (C=O) groups excluding carboxylic acids is 2. The number of hydrogen-bond acceptors (Lipinski definition) is 6. The standard InChI is InChI=1S/C19H15F2N3O4S/c1-19(27,18(20)21)15(17(26)24-28)23-16(25)13-8-6-12(7-9-13)4-2-3-5-14-10-11-22-29-14/h6-11,15,18,27-28H,1H3,(H,23,25)(H,24,26)/t15-,19?/m1/s1. The van der Waals surface area contributed by atoms with Crippen molar-refractivity contribution in [3.8, 4) is 23.7 Å². The van der Waals surface area contributed by atoms with Crippen molar-refractivity contribution in [1.29, 1.82) is 0 Å². The zero-order chi connectivity index (χ0) is 21.4. The molecular formula is C19H15F2N3O4S. The Morgan fingerprint density at radius 3 is 2.38 bits per heavy atom. The fraction of sp³-hybridized carbons (Fsp3) is 0.211. The summed E-state index contributed by atoms with van der Waals surface area (Å²) in [5.74, 6) is 8.61. The Kier molecular flexibility index (Phi) is 7.39. The van der Waals surface area contributed by atoms with Crippen molar-refractivity contribution in [1.82, 2.24) is 15.2 Å². The molecule has 10 heteroatoms. The number of benzene rings is 1. The van der Waals surface area contributed by atoms with Gasteiger partial charge in [-0.25, -0.2) is 14.3 Å². The fourth-order valence-corrected chi connectivity index (χ4v) is 2.52. The van der Waals surface area contributed by atoms with Gasteiger partial charge in [-0.05, 0) is 66.5 Å². The smallest absolute Gasteiger partial charge is 0.269 e. The summed E-state index contributed by atoms with van der Waals surface area (Å²) in [4.78, 5) is 24.6. The predicted octanol–water partition coefficient (Wildman–Crippen LogP) is 1.17. The van der Waals surface area contributed by atoms with Crippen LogP contribution in [0.2, 0.25) is 0 Å². The Balaban J connectivity index is 2.10. The maximum Gasteiger partial charge on any atom is 0.269 e. The van der Waals surface area contributed by atoms with Crippen molar-refractivity contribution in [3.05, 3.63) is 52.5 Å². The molecule has 1 unspecified atom stereocenters. The molecule has 0 saturated heterocycles. The number of alkyl halides is 2. The molecule has 2 rings (SSSR count). The maximum absolute atomic E-state index is 13.0. The van der Waals surface area contributed by atoms with E-state index in [1.165, 1.54) is 35.8 Å². The summed E-state index contributed by atoms with van der Waals surface area (Å²) >= 11 is 1.24. The molecule has 1 heterocycles. The highest BCUT2D eigenvalue weighted by Crippen LogP contribution is 2.20. The van der Waals surface area contributed by atoms with E-state index in [2.05, 4.69) is 28.1 Å².